The number of carbonyl (C=O) groups excluding carboxylic acids is 1. The molecule has 0 aliphatic rings. The molecule has 102 valence electrons. The van der Waals surface area contributed by atoms with Crippen LogP contribution in [0.5, 0.6) is 0 Å². The van der Waals surface area contributed by atoms with Crippen molar-refractivity contribution < 1.29 is 9.53 Å². The SMILES string of the molecule is N#Cc1cc(NCCOCC(N)=O)nc2ccccc12. The number of nitrogens with two attached hydrogens (primary N) is 1. The molecule has 0 fully saturated rings. The van der Waals surface area contributed by atoms with Crippen molar-refractivity contribution >= 4 is 22.6 Å². The van der Waals surface area contributed by atoms with Gasteiger partial charge in [0.25, 0.3) is 0 Å². The number of amides is 1. The molecule has 6 nitrogen and oxygen atoms in total. The molecule has 0 atom stereocenters. The number of hydrogen-bond acceptors (Lipinski definition) is 5. The highest BCUT2D eigenvalue weighted by Crippen LogP contribution is 2.19. The fourth-order valence-electron chi connectivity index (χ4n) is 1.78. The highest BCUT2D eigenvalue weighted by atomic mass is 16.5. The molecule has 20 heavy (non-hydrogen) atoms. The van der Waals surface area contributed by atoms with Crippen molar-refractivity contribution in [3.63, 3.8) is 0 Å². The monoisotopic (exact) mass is 270 g/mol. The number of ether oxygens (including phenoxy) is 1. The third-order valence-electron chi connectivity index (χ3n) is 2.63. The molecule has 0 radical (unpaired) electrons. The number of rotatable bonds is 6. The predicted molar refractivity (Wildman–Crippen MR) is 75.0 cm³/mol. The van der Waals surface area contributed by atoms with E-state index in [4.69, 9.17) is 15.7 Å². The number of fused-ring (bicyclic) bond motifs is 1. The van der Waals surface area contributed by atoms with Crippen molar-refractivity contribution in [2.45, 2.75) is 0 Å². The number of hydrogen-bond donors (Lipinski definition) is 2. The van der Waals surface area contributed by atoms with Crippen LogP contribution in [0.25, 0.3) is 10.9 Å². The quantitative estimate of drug-likeness (QED) is 0.763. The summed E-state index contributed by atoms with van der Waals surface area (Å²) in [5.74, 6) is 0.100. The molecular formula is C14H14N4O2. The van der Waals surface area contributed by atoms with E-state index in [-0.39, 0.29) is 6.61 Å². The maximum atomic E-state index is 10.5. The van der Waals surface area contributed by atoms with Gasteiger partial charge in [-0.2, -0.15) is 5.26 Å². The van der Waals surface area contributed by atoms with E-state index in [1.165, 1.54) is 0 Å². The van der Waals surface area contributed by atoms with Crippen molar-refractivity contribution in [1.29, 1.82) is 5.26 Å². The van der Waals surface area contributed by atoms with Crippen molar-refractivity contribution in [2.24, 2.45) is 5.73 Å². The number of anilines is 1. The van der Waals surface area contributed by atoms with Crippen LogP contribution in [-0.2, 0) is 9.53 Å². The highest BCUT2D eigenvalue weighted by Gasteiger charge is 2.04. The van der Waals surface area contributed by atoms with Crippen LogP contribution in [0.1, 0.15) is 5.56 Å². The Balaban J connectivity index is 2.04. The average Bonchev–Trinajstić information content (AvgIpc) is 2.45. The molecule has 0 spiro atoms. The number of nitrogens with zero attached hydrogens (tertiary/aromatic N) is 2. The standard InChI is InChI=1S/C14H14N4O2/c15-8-10-7-14(17-5-6-20-9-13(16)19)18-12-4-2-1-3-11(10)12/h1-4,7H,5-6,9H2,(H2,16,19)(H,17,18). The minimum Gasteiger partial charge on any atom is -0.370 e. The molecule has 0 bridgehead atoms. The summed E-state index contributed by atoms with van der Waals surface area (Å²) in [5, 5.41) is 13.0. The number of benzene rings is 1. The summed E-state index contributed by atoms with van der Waals surface area (Å²) < 4.78 is 5.03. The summed E-state index contributed by atoms with van der Waals surface area (Å²) in [4.78, 5) is 14.9. The molecule has 1 aromatic heterocycles. The normalized spacial score (nSPS) is 10.2. The second-order valence-corrected chi connectivity index (χ2v) is 4.13. The van der Waals surface area contributed by atoms with E-state index in [9.17, 15) is 4.79 Å². The Kier molecular flexibility index (Phi) is 4.47. The lowest BCUT2D eigenvalue weighted by atomic mass is 10.1. The fourth-order valence-corrected chi connectivity index (χ4v) is 1.78. The van der Waals surface area contributed by atoms with E-state index in [1.807, 2.05) is 24.3 Å². The van der Waals surface area contributed by atoms with Crippen molar-refractivity contribution in [2.75, 3.05) is 25.1 Å². The van der Waals surface area contributed by atoms with Gasteiger partial charge in [-0.3, -0.25) is 4.79 Å². The maximum Gasteiger partial charge on any atom is 0.243 e. The number of aromatic nitrogens is 1. The fraction of sp³-hybridized carbons (Fsp3) is 0.214. The minimum absolute atomic E-state index is 0.101. The van der Waals surface area contributed by atoms with Crippen molar-refractivity contribution in [1.82, 2.24) is 4.98 Å². The summed E-state index contributed by atoms with van der Waals surface area (Å²) in [6.07, 6.45) is 0. The molecule has 1 aromatic carbocycles. The number of nitriles is 1. The van der Waals surface area contributed by atoms with E-state index in [0.29, 0.717) is 24.5 Å². The number of primary amides is 1. The Bertz CT molecular complexity index is 664. The molecule has 0 unspecified atom stereocenters. The summed E-state index contributed by atoms with van der Waals surface area (Å²) in [6.45, 7) is 0.707. The second-order valence-electron chi connectivity index (χ2n) is 4.13. The first-order valence-corrected chi connectivity index (χ1v) is 6.10. The van der Waals surface area contributed by atoms with E-state index in [0.717, 1.165) is 10.9 Å². The van der Waals surface area contributed by atoms with Crippen LogP contribution < -0.4 is 11.1 Å². The Labute approximate surface area is 116 Å². The molecule has 1 amide bonds. The van der Waals surface area contributed by atoms with Crippen LogP contribution in [0.4, 0.5) is 5.82 Å². The first-order chi connectivity index (χ1) is 9.70. The number of pyridine rings is 1. The largest absolute Gasteiger partial charge is 0.370 e. The summed E-state index contributed by atoms with van der Waals surface area (Å²) >= 11 is 0. The van der Waals surface area contributed by atoms with Crippen molar-refractivity contribution in [3.8, 4) is 6.07 Å². The van der Waals surface area contributed by atoms with Gasteiger partial charge in [0, 0.05) is 11.9 Å². The van der Waals surface area contributed by atoms with Gasteiger partial charge in [0.15, 0.2) is 0 Å². The van der Waals surface area contributed by atoms with Crippen LogP contribution in [0.3, 0.4) is 0 Å². The highest BCUT2D eigenvalue weighted by molar-refractivity contribution is 5.86. The Morgan fingerprint density at radius 1 is 1.45 bits per heavy atom. The molecule has 1 heterocycles. The van der Waals surface area contributed by atoms with Crippen LogP contribution >= 0.6 is 0 Å². The van der Waals surface area contributed by atoms with Crippen LogP contribution in [0, 0.1) is 11.3 Å². The zero-order chi connectivity index (χ0) is 14.4. The van der Waals surface area contributed by atoms with E-state index >= 15 is 0 Å². The molecule has 0 saturated carbocycles. The van der Waals surface area contributed by atoms with E-state index < -0.39 is 5.91 Å². The second kappa shape index (κ2) is 6.50. The molecule has 0 aliphatic carbocycles. The van der Waals surface area contributed by atoms with Gasteiger partial charge in [-0.1, -0.05) is 18.2 Å². The Morgan fingerprint density at radius 2 is 2.25 bits per heavy atom. The lowest BCUT2D eigenvalue weighted by molar-refractivity contribution is -0.122. The van der Waals surface area contributed by atoms with Crippen LogP contribution in [0.15, 0.2) is 30.3 Å². The van der Waals surface area contributed by atoms with E-state index in [1.54, 1.807) is 6.07 Å². The van der Waals surface area contributed by atoms with Crippen molar-refractivity contribution in [3.05, 3.63) is 35.9 Å². The molecule has 3 N–H and O–H groups in total. The van der Waals surface area contributed by atoms with Gasteiger partial charge in [-0.25, -0.2) is 4.98 Å². The molecule has 0 saturated heterocycles. The smallest absolute Gasteiger partial charge is 0.243 e. The zero-order valence-corrected chi connectivity index (χ0v) is 10.8. The topological polar surface area (TPSA) is 101 Å². The summed E-state index contributed by atoms with van der Waals surface area (Å²) in [5.41, 5.74) is 6.28. The number of para-hydroxylation sites is 1. The number of carbonyl (C=O) groups is 1. The van der Waals surface area contributed by atoms with E-state index in [2.05, 4.69) is 16.4 Å². The average molecular weight is 270 g/mol. The third-order valence-corrected chi connectivity index (χ3v) is 2.63. The van der Waals surface area contributed by atoms with Gasteiger partial charge in [-0.05, 0) is 12.1 Å². The Morgan fingerprint density at radius 3 is 3.00 bits per heavy atom. The molecule has 6 heteroatoms. The summed E-state index contributed by atoms with van der Waals surface area (Å²) in [6, 6.07) is 11.3. The molecule has 2 aromatic rings. The summed E-state index contributed by atoms with van der Waals surface area (Å²) in [7, 11) is 0. The first kappa shape index (κ1) is 13.8. The first-order valence-electron chi connectivity index (χ1n) is 6.10. The molecule has 2 rings (SSSR count). The van der Waals surface area contributed by atoms with Crippen LogP contribution in [-0.4, -0.2) is 30.6 Å². The van der Waals surface area contributed by atoms with Gasteiger partial charge >= 0.3 is 0 Å². The van der Waals surface area contributed by atoms with Gasteiger partial charge in [0.05, 0.1) is 23.8 Å². The third kappa shape index (κ3) is 3.43. The Hall–Kier alpha value is -2.65. The minimum atomic E-state index is -0.499. The molecular weight excluding hydrogens is 256 g/mol. The zero-order valence-electron chi connectivity index (χ0n) is 10.8. The lowest BCUT2D eigenvalue weighted by Crippen LogP contribution is -2.20. The van der Waals surface area contributed by atoms with Gasteiger partial charge < -0.3 is 15.8 Å². The lowest BCUT2D eigenvalue weighted by Gasteiger charge is -2.08. The van der Waals surface area contributed by atoms with Crippen LogP contribution in [0.2, 0.25) is 0 Å². The van der Waals surface area contributed by atoms with Gasteiger partial charge in [-0.15, -0.1) is 0 Å². The van der Waals surface area contributed by atoms with Gasteiger partial charge in [0.2, 0.25) is 5.91 Å². The molecule has 0 aliphatic heterocycles. The maximum absolute atomic E-state index is 10.5. The predicted octanol–water partition coefficient (Wildman–Crippen LogP) is 1.02. The number of nitrogens with one attached hydrogen (secondary N) is 1. The van der Waals surface area contributed by atoms with Gasteiger partial charge in [0.1, 0.15) is 12.4 Å².